The van der Waals surface area contributed by atoms with Gasteiger partial charge in [-0.3, -0.25) is 9.78 Å². The van der Waals surface area contributed by atoms with Gasteiger partial charge in [-0.2, -0.15) is 0 Å². The number of carbonyl (C=O) groups is 1. The molecule has 4 rings (SSSR count). The van der Waals surface area contributed by atoms with Gasteiger partial charge in [0.1, 0.15) is 5.82 Å². The van der Waals surface area contributed by atoms with Crippen molar-refractivity contribution >= 4 is 5.91 Å². The lowest BCUT2D eigenvalue weighted by molar-refractivity contribution is -0.00173. The standard InChI is InChI=1S/C21H22FN5O2/c22-19-7-2-1-5-16(19)13-27-14-20(24-25-27)21(28)26-11-8-18(9-12-26)29-15-17-6-3-4-10-23-17/h1-7,10,14,18H,8-9,11-13,15H2. The van der Waals surface area contributed by atoms with Crippen molar-refractivity contribution in [3.63, 3.8) is 0 Å². The minimum Gasteiger partial charge on any atom is -0.372 e. The Morgan fingerprint density at radius 1 is 1.14 bits per heavy atom. The van der Waals surface area contributed by atoms with Crippen molar-refractivity contribution in [2.75, 3.05) is 13.1 Å². The summed E-state index contributed by atoms with van der Waals surface area (Å²) in [5.74, 6) is -0.461. The molecule has 1 aromatic carbocycles. The SMILES string of the molecule is O=C(c1cn(Cc2ccccc2F)nn1)N1CCC(OCc2ccccn2)CC1. The average Bonchev–Trinajstić information content (AvgIpc) is 3.23. The fraction of sp³-hybridized carbons (Fsp3) is 0.333. The van der Waals surface area contributed by atoms with E-state index in [2.05, 4.69) is 15.3 Å². The number of nitrogens with zero attached hydrogens (tertiary/aromatic N) is 5. The number of pyridine rings is 1. The van der Waals surface area contributed by atoms with Crippen LogP contribution in [0.2, 0.25) is 0 Å². The van der Waals surface area contributed by atoms with Gasteiger partial charge in [-0.1, -0.05) is 29.5 Å². The number of hydrogen-bond donors (Lipinski definition) is 0. The van der Waals surface area contributed by atoms with Crippen LogP contribution in [0.3, 0.4) is 0 Å². The largest absolute Gasteiger partial charge is 0.372 e. The molecule has 0 spiro atoms. The van der Waals surface area contributed by atoms with Gasteiger partial charge in [0.25, 0.3) is 5.91 Å². The van der Waals surface area contributed by atoms with Gasteiger partial charge in [0.15, 0.2) is 5.69 Å². The summed E-state index contributed by atoms with van der Waals surface area (Å²) in [6.07, 6.45) is 4.96. The normalized spacial score (nSPS) is 14.9. The number of ether oxygens (including phenoxy) is 1. The molecule has 0 saturated carbocycles. The first-order valence-electron chi connectivity index (χ1n) is 9.63. The molecule has 1 amide bonds. The van der Waals surface area contributed by atoms with Crippen molar-refractivity contribution in [1.82, 2.24) is 24.9 Å². The van der Waals surface area contributed by atoms with Gasteiger partial charge in [0.2, 0.25) is 0 Å². The second-order valence-electron chi connectivity index (χ2n) is 7.02. The van der Waals surface area contributed by atoms with E-state index in [1.807, 2.05) is 18.2 Å². The van der Waals surface area contributed by atoms with Crippen LogP contribution in [0.5, 0.6) is 0 Å². The lowest BCUT2D eigenvalue weighted by Gasteiger charge is -2.31. The van der Waals surface area contributed by atoms with Crippen molar-refractivity contribution in [1.29, 1.82) is 0 Å². The summed E-state index contributed by atoms with van der Waals surface area (Å²) < 4.78 is 21.2. The van der Waals surface area contributed by atoms with Crippen LogP contribution in [-0.2, 0) is 17.9 Å². The van der Waals surface area contributed by atoms with Crippen molar-refractivity contribution in [2.24, 2.45) is 0 Å². The molecule has 2 aromatic heterocycles. The lowest BCUT2D eigenvalue weighted by Crippen LogP contribution is -2.41. The van der Waals surface area contributed by atoms with Crippen LogP contribution in [0.4, 0.5) is 4.39 Å². The van der Waals surface area contributed by atoms with Crippen LogP contribution in [0.1, 0.15) is 34.6 Å². The van der Waals surface area contributed by atoms with Crippen molar-refractivity contribution in [2.45, 2.75) is 32.1 Å². The number of likely N-dealkylation sites (tertiary alicyclic amines) is 1. The van der Waals surface area contributed by atoms with E-state index in [0.717, 1.165) is 18.5 Å². The monoisotopic (exact) mass is 395 g/mol. The molecule has 3 heterocycles. The fourth-order valence-electron chi connectivity index (χ4n) is 3.35. The summed E-state index contributed by atoms with van der Waals surface area (Å²) in [4.78, 5) is 18.7. The Morgan fingerprint density at radius 3 is 2.69 bits per heavy atom. The van der Waals surface area contributed by atoms with E-state index in [1.54, 1.807) is 35.5 Å². The van der Waals surface area contributed by atoms with E-state index in [0.29, 0.717) is 25.3 Å². The Kier molecular flexibility index (Phi) is 5.90. The molecule has 0 unspecified atom stereocenters. The van der Waals surface area contributed by atoms with Crippen molar-refractivity contribution in [3.8, 4) is 0 Å². The molecule has 0 aliphatic carbocycles. The molecular weight excluding hydrogens is 373 g/mol. The van der Waals surface area contributed by atoms with Gasteiger partial charge in [-0.05, 0) is 31.0 Å². The number of hydrogen-bond acceptors (Lipinski definition) is 5. The maximum absolute atomic E-state index is 13.8. The fourth-order valence-corrected chi connectivity index (χ4v) is 3.35. The number of amides is 1. The Balaban J connectivity index is 1.28. The second kappa shape index (κ2) is 8.91. The zero-order valence-electron chi connectivity index (χ0n) is 15.9. The summed E-state index contributed by atoms with van der Waals surface area (Å²) >= 11 is 0. The maximum atomic E-state index is 13.8. The van der Waals surface area contributed by atoms with E-state index >= 15 is 0 Å². The first-order chi connectivity index (χ1) is 14.2. The van der Waals surface area contributed by atoms with Gasteiger partial charge in [0.05, 0.1) is 31.1 Å². The Hall–Kier alpha value is -3.13. The molecule has 0 N–H and O–H groups in total. The number of aromatic nitrogens is 4. The van der Waals surface area contributed by atoms with Crippen molar-refractivity contribution in [3.05, 3.63) is 77.6 Å². The molecular formula is C21H22FN5O2. The molecule has 3 aromatic rings. The second-order valence-corrected chi connectivity index (χ2v) is 7.02. The summed E-state index contributed by atoms with van der Waals surface area (Å²) in [6, 6.07) is 12.2. The molecule has 0 radical (unpaired) electrons. The van der Waals surface area contributed by atoms with E-state index in [4.69, 9.17) is 4.74 Å². The summed E-state index contributed by atoms with van der Waals surface area (Å²) in [5.41, 5.74) is 1.67. The lowest BCUT2D eigenvalue weighted by atomic mass is 10.1. The number of halogens is 1. The highest BCUT2D eigenvalue weighted by Crippen LogP contribution is 2.17. The summed E-state index contributed by atoms with van der Waals surface area (Å²) in [5, 5.41) is 7.94. The van der Waals surface area contributed by atoms with E-state index in [1.165, 1.54) is 10.7 Å². The molecule has 29 heavy (non-hydrogen) atoms. The molecule has 1 aliphatic heterocycles. The van der Waals surface area contributed by atoms with Crippen LogP contribution >= 0.6 is 0 Å². The third kappa shape index (κ3) is 4.83. The highest BCUT2D eigenvalue weighted by molar-refractivity contribution is 5.92. The minimum atomic E-state index is -0.302. The zero-order chi connectivity index (χ0) is 20.1. The Bertz CT molecular complexity index is 954. The van der Waals surface area contributed by atoms with E-state index < -0.39 is 0 Å². The highest BCUT2D eigenvalue weighted by atomic mass is 19.1. The Labute approximate surface area is 168 Å². The smallest absolute Gasteiger partial charge is 0.276 e. The van der Waals surface area contributed by atoms with E-state index in [9.17, 15) is 9.18 Å². The van der Waals surface area contributed by atoms with Gasteiger partial charge < -0.3 is 9.64 Å². The van der Waals surface area contributed by atoms with Gasteiger partial charge in [-0.25, -0.2) is 9.07 Å². The third-order valence-corrected chi connectivity index (χ3v) is 4.97. The Morgan fingerprint density at radius 2 is 1.93 bits per heavy atom. The predicted molar refractivity (Wildman–Crippen MR) is 103 cm³/mol. The van der Waals surface area contributed by atoms with Crippen LogP contribution in [0, 0.1) is 5.82 Å². The van der Waals surface area contributed by atoms with Crippen molar-refractivity contribution < 1.29 is 13.9 Å². The molecule has 1 saturated heterocycles. The first-order valence-corrected chi connectivity index (χ1v) is 9.63. The number of benzene rings is 1. The van der Waals surface area contributed by atoms with Crippen LogP contribution in [-0.4, -0.2) is 50.0 Å². The molecule has 7 nitrogen and oxygen atoms in total. The number of carbonyl (C=O) groups excluding carboxylic acids is 1. The molecule has 0 atom stereocenters. The zero-order valence-corrected chi connectivity index (χ0v) is 15.9. The molecule has 150 valence electrons. The predicted octanol–water partition coefficient (Wildman–Crippen LogP) is 2.68. The van der Waals surface area contributed by atoms with Crippen LogP contribution < -0.4 is 0 Å². The van der Waals surface area contributed by atoms with Crippen LogP contribution in [0.15, 0.2) is 54.9 Å². The van der Waals surface area contributed by atoms with Gasteiger partial charge >= 0.3 is 0 Å². The molecule has 8 heteroatoms. The maximum Gasteiger partial charge on any atom is 0.276 e. The van der Waals surface area contributed by atoms with Crippen LogP contribution in [0.25, 0.3) is 0 Å². The average molecular weight is 395 g/mol. The van der Waals surface area contributed by atoms with E-state index in [-0.39, 0.29) is 30.1 Å². The minimum absolute atomic E-state index is 0.109. The molecule has 1 fully saturated rings. The number of rotatable bonds is 6. The molecule has 1 aliphatic rings. The van der Waals surface area contributed by atoms with Gasteiger partial charge in [-0.15, -0.1) is 5.10 Å². The van der Waals surface area contributed by atoms with Gasteiger partial charge in [0, 0.05) is 24.8 Å². The first kappa shape index (κ1) is 19.2. The third-order valence-electron chi connectivity index (χ3n) is 4.97. The highest BCUT2D eigenvalue weighted by Gasteiger charge is 2.26. The quantitative estimate of drug-likeness (QED) is 0.642. The molecule has 0 bridgehead atoms. The summed E-state index contributed by atoms with van der Waals surface area (Å²) in [7, 11) is 0. The summed E-state index contributed by atoms with van der Waals surface area (Å²) in [6.45, 7) is 1.91. The number of piperidine rings is 1. The topological polar surface area (TPSA) is 73.1 Å².